The molecule has 0 saturated heterocycles. The van der Waals surface area contributed by atoms with E-state index in [1.165, 1.54) is 0 Å². The second-order valence-corrected chi connectivity index (χ2v) is 6.26. The molecule has 3 aromatic rings. The normalized spacial score (nSPS) is 11.2. The average Bonchev–Trinajstić information content (AvgIpc) is 3.08. The van der Waals surface area contributed by atoms with Crippen LogP contribution < -0.4 is 9.47 Å². The van der Waals surface area contributed by atoms with Gasteiger partial charge >= 0.3 is 0 Å². The molecule has 2 aromatic carbocycles. The average molecular weight is 410 g/mol. The van der Waals surface area contributed by atoms with Crippen LogP contribution in [-0.2, 0) is 0 Å². The fourth-order valence-corrected chi connectivity index (χ4v) is 3.08. The van der Waals surface area contributed by atoms with E-state index >= 15 is 0 Å². The Kier molecular flexibility index (Phi) is 5.40. The highest BCUT2D eigenvalue weighted by Gasteiger charge is 2.13. The van der Waals surface area contributed by atoms with E-state index in [-0.39, 0.29) is 0 Å². The van der Waals surface area contributed by atoms with Gasteiger partial charge in [-0.1, -0.05) is 24.8 Å². The molecule has 0 atom stereocenters. The number of aromatic amines is 1. The van der Waals surface area contributed by atoms with Gasteiger partial charge in [0.15, 0.2) is 11.5 Å². The number of methoxy groups -OCH3 is 1. The van der Waals surface area contributed by atoms with E-state index in [1.54, 1.807) is 19.3 Å². The minimum absolute atomic E-state index is 0.368. The van der Waals surface area contributed by atoms with Gasteiger partial charge in [-0.2, -0.15) is 5.26 Å². The molecule has 0 fully saturated rings. The first-order valence-electron chi connectivity index (χ1n) is 7.84. The maximum absolute atomic E-state index is 9.58. The lowest BCUT2D eigenvalue weighted by Gasteiger charge is -2.12. The molecule has 0 aliphatic carbocycles. The van der Waals surface area contributed by atoms with Crippen molar-refractivity contribution in [2.45, 2.75) is 0 Å². The topological polar surface area (TPSA) is 70.9 Å². The van der Waals surface area contributed by atoms with E-state index in [4.69, 9.17) is 9.47 Å². The van der Waals surface area contributed by atoms with Crippen molar-refractivity contribution in [1.29, 1.82) is 5.26 Å². The monoisotopic (exact) mass is 409 g/mol. The van der Waals surface area contributed by atoms with Crippen molar-refractivity contribution in [3.63, 3.8) is 0 Å². The molecular formula is C20H16BrN3O2. The van der Waals surface area contributed by atoms with Crippen LogP contribution in [0.4, 0.5) is 0 Å². The number of nitriles is 1. The summed E-state index contributed by atoms with van der Waals surface area (Å²) in [5, 5.41) is 9.58. The van der Waals surface area contributed by atoms with Crippen LogP contribution >= 0.6 is 15.9 Å². The quantitative estimate of drug-likeness (QED) is 0.461. The molecule has 0 saturated carbocycles. The van der Waals surface area contributed by atoms with Crippen molar-refractivity contribution >= 4 is 38.6 Å². The molecule has 0 spiro atoms. The van der Waals surface area contributed by atoms with Crippen molar-refractivity contribution in [2.24, 2.45) is 0 Å². The van der Waals surface area contributed by atoms with Crippen LogP contribution in [0.5, 0.6) is 11.5 Å². The highest BCUT2D eigenvalue weighted by Crippen LogP contribution is 2.37. The third-order valence-corrected chi connectivity index (χ3v) is 4.26. The lowest BCUT2D eigenvalue weighted by Crippen LogP contribution is -1.98. The fraction of sp³-hybridized carbons (Fsp3) is 0.100. The lowest BCUT2D eigenvalue weighted by atomic mass is 10.1. The Hall–Kier alpha value is -3.04. The summed E-state index contributed by atoms with van der Waals surface area (Å²) in [5.74, 6) is 1.68. The standard InChI is InChI=1S/C20H16BrN3O2/c1-3-8-26-19-15(21)10-13(11-18(19)25-2)9-14(12-22)20-23-16-6-4-5-7-17(16)24-20/h3-7,9-11H,1,8H2,2H3,(H,23,24)/b14-9+. The Labute approximate surface area is 159 Å². The van der Waals surface area contributed by atoms with E-state index in [0.717, 1.165) is 21.1 Å². The van der Waals surface area contributed by atoms with E-state index in [0.29, 0.717) is 29.5 Å². The molecular weight excluding hydrogens is 394 g/mol. The van der Waals surface area contributed by atoms with Crippen LogP contribution in [0.1, 0.15) is 11.4 Å². The molecule has 0 amide bonds. The smallest absolute Gasteiger partial charge is 0.175 e. The van der Waals surface area contributed by atoms with Crippen LogP contribution in [0.2, 0.25) is 0 Å². The van der Waals surface area contributed by atoms with E-state index < -0.39 is 0 Å². The largest absolute Gasteiger partial charge is 0.493 e. The van der Waals surface area contributed by atoms with Crippen LogP contribution in [0.15, 0.2) is 53.5 Å². The van der Waals surface area contributed by atoms with Gasteiger partial charge < -0.3 is 14.5 Å². The van der Waals surface area contributed by atoms with Gasteiger partial charge in [0.2, 0.25) is 0 Å². The minimum atomic E-state index is 0.368. The number of rotatable bonds is 6. The predicted octanol–water partition coefficient (Wildman–Crippen LogP) is 4.96. The van der Waals surface area contributed by atoms with Crippen LogP contribution in [-0.4, -0.2) is 23.7 Å². The molecule has 1 N–H and O–H groups in total. The number of hydrogen-bond acceptors (Lipinski definition) is 4. The number of imidazole rings is 1. The van der Waals surface area contributed by atoms with E-state index in [2.05, 4.69) is 38.5 Å². The molecule has 3 rings (SSSR count). The van der Waals surface area contributed by atoms with Crippen LogP contribution in [0.3, 0.4) is 0 Å². The summed E-state index contributed by atoms with van der Waals surface area (Å²) in [7, 11) is 1.57. The third kappa shape index (κ3) is 3.63. The lowest BCUT2D eigenvalue weighted by molar-refractivity contribution is 0.324. The number of H-pyrrole nitrogens is 1. The highest BCUT2D eigenvalue weighted by molar-refractivity contribution is 9.10. The zero-order valence-electron chi connectivity index (χ0n) is 14.1. The second kappa shape index (κ2) is 7.89. The number of para-hydroxylation sites is 2. The Morgan fingerprint density at radius 1 is 1.38 bits per heavy atom. The highest BCUT2D eigenvalue weighted by atomic mass is 79.9. The number of allylic oxidation sites excluding steroid dienone is 1. The number of halogens is 1. The van der Waals surface area contributed by atoms with Crippen molar-refractivity contribution in [3.05, 3.63) is 64.9 Å². The van der Waals surface area contributed by atoms with Crippen LogP contribution in [0, 0.1) is 11.3 Å². The summed E-state index contributed by atoms with van der Waals surface area (Å²) in [5.41, 5.74) is 2.91. The van der Waals surface area contributed by atoms with Gasteiger partial charge in [0.05, 0.1) is 28.2 Å². The van der Waals surface area contributed by atoms with Crippen molar-refractivity contribution in [2.75, 3.05) is 13.7 Å². The maximum Gasteiger partial charge on any atom is 0.175 e. The molecule has 0 aliphatic heterocycles. The van der Waals surface area contributed by atoms with Crippen molar-refractivity contribution in [3.8, 4) is 17.6 Å². The summed E-state index contributed by atoms with van der Waals surface area (Å²) in [4.78, 5) is 7.65. The Morgan fingerprint density at radius 2 is 2.19 bits per heavy atom. The molecule has 130 valence electrons. The Balaban J connectivity index is 2.02. The summed E-state index contributed by atoms with van der Waals surface area (Å²) >= 11 is 3.49. The van der Waals surface area contributed by atoms with Crippen molar-refractivity contribution < 1.29 is 9.47 Å². The third-order valence-electron chi connectivity index (χ3n) is 3.67. The first kappa shape index (κ1) is 17.8. The molecule has 1 aromatic heterocycles. The first-order chi connectivity index (χ1) is 12.7. The second-order valence-electron chi connectivity index (χ2n) is 5.41. The number of fused-ring (bicyclic) bond motifs is 1. The SMILES string of the molecule is C=CCOc1c(Br)cc(/C=C(\C#N)c2nc3ccccc3[nH]2)cc1OC. The number of aromatic nitrogens is 2. The van der Waals surface area contributed by atoms with E-state index in [1.807, 2.05) is 36.4 Å². The molecule has 0 bridgehead atoms. The fourth-order valence-electron chi connectivity index (χ4n) is 2.51. The number of nitrogens with one attached hydrogen (secondary N) is 1. The summed E-state index contributed by atoms with van der Waals surface area (Å²) < 4.78 is 11.8. The molecule has 0 unspecified atom stereocenters. The molecule has 1 heterocycles. The number of nitrogens with zero attached hydrogens (tertiary/aromatic N) is 2. The molecule has 5 nitrogen and oxygen atoms in total. The van der Waals surface area contributed by atoms with E-state index in [9.17, 15) is 5.26 Å². The zero-order valence-corrected chi connectivity index (χ0v) is 15.7. The Bertz CT molecular complexity index is 998. The molecule has 26 heavy (non-hydrogen) atoms. The minimum Gasteiger partial charge on any atom is -0.493 e. The predicted molar refractivity (Wildman–Crippen MR) is 106 cm³/mol. The molecule has 6 heteroatoms. The van der Waals surface area contributed by atoms with Gasteiger partial charge in [-0.15, -0.1) is 0 Å². The van der Waals surface area contributed by atoms with Gasteiger partial charge in [-0.05, 0) is 51.8 Å². The number of benzene rings is 2. The first-order valence-corrected chi connectivity index (χ1v) is 8.63. The Morgan fingerprint density at radius 3 is 2.88 bits per heavy atom. The van der Waals surface area contributed by atoms with Gasteiger partial charge in [0.1, 0.15) is 18.5 Å². The number of ether oxygens (including phenoxy) is 2. The zero-order chi connectivity index (χ0) is 18.5. The maximum atomic E-state index is 9.58. The number of hydrogen-bond donors (Lipinski definition) is 1. The summed E-state index contributed by atoms with van der Waals surface area (Å²) in [6, 6.07) is 13.5. The van der Waals surface area contributed by atoms with Gasteiger partial charge in [-0.3, -0.25) is 0 Å². The van der Waals surface area contributed by atoms with Gasteiger partial charge in [0, 0.05) is 0 Å². The summed E-state index contributed by atoms with van der Waals surface area (Å²) in [6.45, 7) is 4.01. The summed E-state index contributed by atoms with van der Waals surface area (Å²) in [6.07, 6.45) is 3.41. The van der Waals surface area contributed by atoms with Gasteiger partial charge in [0.25, 0.3) is 0 Å². The van der Waals surface area contributed by atoms with Gasteiger partial charge in [-0.25, -0.2) is 4.98 Å². The molecule has 0 aliphatic rings. The molecule has 0 radical (unpaired) electrons. The van der Waals surface area contributed by atoms with Crippen molar-refractivity contribution in [1.82, 2.24) is 9.97 Å². The van der Waals surface area contributed by atoms with Crippen LogP contribution in [0.25, 0.3) is 22.7 Å².